The summed E-state index contributed by atoms with van der Waals surface area (Å²) < 4.78 is 0.502. The summed E-state index contributed by atoms with van der Waals surface area (Å²) in [5.74, 6) is 1.34. The summed E-state index contributed by atoms with van der Waals surface area (Å²) in [5, 5.41) is 0. The van der Waals surface area contributed by atoms with Gasteiger partial charge in [0, 0.05) is 12.1 Å². The largest absolute Gasteiger partial charge is 0.309 e. The molecule has 1 fully saturated rings. The topological polar surface area (TPSA) is 45.8 Å². The minimum Gasteiger partial charge on any atom is -0.309 e. The van der Waals surface area contributed by atoms with Crippen LogP contribution in [0.1, 0.15) is 24.6 Å². The Morgan fingerprint density at radius 2 is 2.36 bits per heavy atom. The minimum absolute atomic E-state index is 0.0816. The molecule has 0 atom stereocenters. The van der Waals surface area contributed by atoms with Crippen LogP contribution >= 0.6 is 15.9 Å². The third-order valence-electron chi connectivity index (χ3n) is 1.74. The number of hydrogen-bond donors (Lipinski definition) is 1. The maximum absolute atomic E-state index is 11.0. The first kappa shape index (κ1) is 7.03. The first-order valence-electron chi connectivity index (χ1n) is 3.52. The Balaban J connectivity index is 2.44. The molecule has 2 rings (SSSR count). The highest BCUT2D eigenvalue weighted by molar-refractivity contribution is 9.10. The number of nitrogens with one attached hydrogen (secondary N) is 1. The molecular formula is C7H7BrN2O. The Bertz CT molecular complexity index is 329. The number of aromatic amines is 1. The first-order chi connectivity index (χ1) is 5.27. The van der Waals surface area contributed by atoms with E-state index in [1.165, 1.54) is 0 Å². The molecule has 1 aromatic rings. The molecule has 0 amide bonds. The molecule has 58 valence electrons. The molecule has 1 saturated carbocycles. The second kappa shape index (κ2) is 2.44. The van der Waals surface area contributed by atoms with Crippen LogP contribution in [0.15, 0.2) is 15.5 Å². The maximum atomic E-state index is 11.0. The number of aromatic nitrogens is 2. The highest BCUT2D eigenvalue weighted by Crippen LogP contribution is 2.37. The Morgan fingerprint density at radius 1 is 1.64 bits per heavy atom. The Morgan fingerprint density at radius 3 is 2.91 bits per heavy atom. The summed E-state index contributed by atoms with van der Waals surface area (Å²) in [7, 11) is 0. The van der Waals surface area contributed by atoms with Crippen LogP contribution in [0.4, 0.5) is 0 Å². The first-order valence-corrected chi connectivity index (χ1v) is 4.31. The number of H-pyrrole nitrogens is 1. The van der Waals surface area contributed by atoms with E-state index in [1.807, 2.05) is 0 Å². The van der Waals surface area contributed by atoms with Gasteiger partial charge in [0.1, 0.15) is 10.3 Å². The second-order valence-electron chi connectivity index (χ2n) is 2.72. The van der Waals surface area contributed by atoms with Crippen molar-refractivity contribution in [2.45, 2.75) is 18.8 Å². The fourth-order valence-electron chi connectivity index (χ4n) is 0.957. The SMILES string of the molecule is O=c1[nH]c(C2CC2)ncc1Br. The van der Waals surface area contributed by atoms with E-state index in [4.69, 9.17) is 0 Å². The summed E-state index contributed by atoms with van der Waals surface area (Å²) in [6.07, 6.45) is 3.88. The van der Waals surface area contributed by atoms with Gasteiger partial charge >= 0.3 is 0 Å². The summed E-state index contributed by atoms with van der Waals surface area (Å²) >= 11 is 3.09. The van der Waals surface area contributed by atoms with Gasteiger partial charge in [0.2, 0.25) is 0 Å². The van der Waals surface area contributed by atoms with Gasteiger partial charge in [0.15, 0.2) is 0 Å². The Hall–Kier alpha value is -0.640. The molecule has 4 heteroatoms. The van der Waals surface area contributed by atoms with Crippen LogP contribution < -0.4 is 5.56 Å². The predicted molar refractivity (Wildman–Crippen MR) is 44.5 cm³/mol. The summed E-state index contributed by atoms with van der Waals surface area (Å²) in [4.78, 5) is 17.9. The molecule has 0 aliphatic heterocycles. The zero-order valence-electron chi connectivity index (χ0n) is 5.80. The van der Waals surface area contributed by atoms with Crippen molar-refractivity contribution < 1.29 is 0 Å². The van der Waals surface area contributed by atoms with Crippen LogP contribution in [-0.2, 0) is 0 Å². The molecule has 1 aliphatic carbocycles. The lowest BCUT2D eigenvalue weighted by atomic mass is 10.4. The molecule has 0 aromatic carbocycles. The number of halogens is 1. The van der Waals surface area contributed by atoms with E-state index in [2.05, 4.69) is 25.9 Å². The smallest absolute Gasteiger partial charge is 0.265 e. The summed E-state index contributed by atoms with van der Waals surface area (Å²) in [5.41, 5.74) is -0.0816. The molecule has 1 aromatic heterocycles. The van der Waals surface area contributed by atoms with Gasteiger partial charge in [-0.3, -0.25) is 4.79 Å². The van der Waals surface area contributed by atoms with E-state index < -0.39 is 0 Å². The standard InChI is InChI=1S/C7H7BrN2O/c8-5-3-9-6(4-1-2-4)10-7(5)11/h3-4H,1-2H2,(H,9,10,11). The minimum atomic E-state index is -0.0816. The third kappa shape index (κ3) is 1.35. The van der Waals surface area contributed by atoms with Crippen molar-refractivity contribution in [3.8, 4) is 0 Å². The Labute approximate surface area is 72.0 Å². The van der Waals surface area contributed by atoms with E-state index in [0.29, 0.717) is 10.4 Å². The van der Waals surface area contributed by atoms with E-state index >= 15 is 0 Å². The van der Waals surface area contributed by atoms with Crippen molar-refractivity contribution in [3.63, 3.8) is 0 Å². The number of hydrogen-bond acceptors (Lipinski definition) is 2. The van der Waals surface area contributed by atoms with Crippen molar-refractivity contribution in [3.05, 3.63) is 26.8 Å². The fourth-order valence-corrected chi connectivity index (χ4v) is 1.16. The van der Waals surface area contributed by atoms with Crippen molar-refractivity contribution >= 4 is 15.9 Å². The number of nitrogens with zero attached hydrogens (tertiary/aromatic N) is 1. The molecule has 0 bridgehead atoms. The highest BCUT2D eigenvalue weighted by Gasteiger charge is 2.25. The molecule has 0 saturated heterocycles. The summed E-state index contributed by atoms with van der Waals surface area (Å²) in [6, 6.07) is 0. The zero-order valence-corrected chi connectivity index (χ0v) is 7.39. The lowest BCUT2D eigenvalue weighted by molar-refractivity contribution is 0.901. The van der Waals surface area contributed by atoms with E-state index in [-0.39, 0.29) is 5.56 Å². The average Bonchev–Trinajstić information content (AvgIpc) is 2.77. The van der Waals surface area contributed by atoms with Crippen molar-refractivity contribution in [1.29, 1.82) is 0 Å². The second-order valence-corrected chi connectivity index (χ2v) is 3.57. The Kier molecular flexibility index (Phi) is 1.56. The van der Waals surface area contributed by atoms with E-state index in [0.717, 1.165) is 18.7 Å². The molecule has 11 heavy (non-hydrogen) atoms. The van der Waals surface area contributed by atoms with Crippen LogP contribution in [0.2, 0.25) is 0 Å². The average molecular weight is 215 g/mol. The van der Waals surface area contributed by atoms with Crippen LogP contribution in [0.25, 0.3) is 0 Å². The van der Waals surface area contributed by atoms with Gasteiger partial charge < -0.3 is 4.98 Å². The lowest BCUT2D eigenvalue weighted by Gasteiger charge is -1.94. The van der Waals surface area contributed by atoms with Crippen LogP contribution in [0.3, 0.4) is 0 Å². The fraction of sp³-hybridized carbons (Fsp3) is 0.429. The molecule has 0 spiro atoms. The highest BCUT2D eigenvalue weighted by atomic mass is 79.9. The van der Waals surface area contributed by atoms with Gasteiger partial charge in [0.05, 0.1) is 0 Å². The van der Waals surface area contributed by atoms with Gasteiger partial charge in [-0.1, -0.05) is 0 Å². The number of rotatable bonds is 1. The zero-order chi connectivity index (χ0) is 7.84. The molecular weight excluding hydrogens is 208 g/mol. The normalized spacial score (nSPS) is 16.8. The molecule has 1 heterocycles. The molecule has 3 nitrogen and oxygen atoms in total. The maximum Gasteiger partial charge on any atom is 0.265 e. The van der Waals surface area contributed by atoms with Crippen LogP contribution in [0.5, 0.6) is 0 Å². The third-order valence-corrected chi connectivity index (χ3v) is 2.30. The van der Waals surface area contributed by atoms with Crippen LogP contribution in [0, 0.1) is 0 Å². The lowest BCUT2D eigenvalue weighted by Crippen LogP contribution is -2.10. The van der Waals surface area contributed by atoms with E-state index in [1.54, 1.807) is 6.20 Å². The molecule has 0 unspecified atom stereocenters. The van der Waals surface area contributed by atoms with Crippen molar-refractivity contribution in [2.24, 2.45) is 0 Å². The van der Waals surface area contributed by atoms with E-state index in [9.17, 15) is 4.79 Å². The van der Waals surface area contributed by atoms with Crippen molar-refractivity contribution in [2.75, 3.05) is 0 Å². The quantitative estimate of drug-likeness (QED) is 0.769. The van der Waals surface area contributed by atoms with Gasteiger partial charge in [-0.25, -0.2) is 4.98 Å². The molecule has 1 N–H and O–H groups in total. The summed E-state index contributed by atoms with van der Waals surface area (Å²) in [6.45, 7) is 0. The van der Waals surface area contributed by atoms with Crippen LogP contribution in [-0.4, -0.2) is 9.97 Å². The predicted octanol–water partition coefficient (Wildman–Crippen LogP) is 1.41. The molecule has 0 radical (unpaired) electrons. The van der Waals surface area contributed by atoms with Gasteiger partial charge in [-0.05, 0) is 28.8 Å². The van der Waals surface area contributed by atoms with Gasteiger partial charge in [-0.15, -0.1) is 0 Å². The van der Waals surface area contributed by atoms with Gasteiger partial charge in [0.25, 0.3) is 5.56 Å². The molecule has 1 aliphatic rings. The monoisotopic (exact) mass is 214 g/mol. The van der Waals surface area contributed by atoms with Crippen molar-refractivity contribution in [1.82, 2.24) is 9.97 Å². The van der Waals surface area contributed by atoms with Gasteiger partial charge in [-0.2, -0.15) is 0 Å².